The molecule has 1 saturated heterocycles. The van der Waals surface area contributed by atoms with Gasteiger partial charge < -0.3 is 24.3 Å². The van der Waals surface area contributed by atoms with E-state index in [1.165, 1.54) is 6.42 Å². The largest absolute Gasteiger partial charge is 0.491 e. The van der Waals surface area contributed by atoms with Crippen LogP contribution < -0.4 is 10.1 Å². The molecule has 1 fully saturated rings. The van der Waals surface area contributed by atoms with Gasteiger partial charge in [0, 0.05) is 29.6 Å². The van der Waals surface area contributed by atoms with E-state index in [1.807, 2.05) is 56.0 Å². The molecule has 0 spiro atoms. The first-order valence-electron chi connectivity index (χ1n) is 12.2. The monoisotopic (exact) mass is 457 g/mol. The fraction of sp³-hybridized carbons (Fsp3) is 0.577. The van der Waals surface area contributed by atoms with Crippen molar-refractivity contribution in [2.75, 3.05) is 38.4 Å². The lowest BCUT2D eigenvalue weighted by Gasteiger charge is -2.26. The van der Waals surface area contributed by atoms with E-state index < -0.39 is 0 Å². The lowest BCUT2D eigenvalue weighted by Crippen LogP contribution is -2.27. The second-order valence-corrected chi connectivity index (χ2v) is 8.31. The first-order chi connectivity index (χ1) is 16.1. The molecule has 0 amide bonds. The molecule has 3 atom stereocenters. The van der Waals surface area contributed by atoms with E-state index in [0.717, 1.165) is 47.6 Å². The molecule has 1 N–H and O–H groups in total. The van der Waals surface area contributed by atoms with Crippen molar-refractivity contribution in [2.24, 2.45) is 0 Å². The number of fused-ring (bicyclic) bond motifs is 4. The Balaban J connectivity index is 0.00000149. The first-order valence-corrected chi connectivity index (χ1v) is 12.2. The summed E-state index contributed by atoms with van der Waals surface area (Å²) in [6.07, 6.45) is 7.14. The van der Waals surface area contributed by atoms with Crippen LogP contribution in [0.2, 0.25) is 0 Å². The third kappa shape index (κ3) is 7.06. The number of anilines is 1. The molecular formula is C26H39N3O4. The predicted molar refractivity (Wildman–Crippen MR) is 132 cm³/mol. The maximum absolute atomic E-state index is 6.02. The second-order valence-electron chi connectivity index (χ2n) is 8.31. The van der Waals surface area contributed by atoms with Crippen molar-refractivity contribution in [3.63, 3.8) is 0 Å². The molecule has 182 valence electrons. The van der Waals surface area contributed by atoms with Crippen LogP contribution in [0.4, 0.5) is 5.69 Å². The molecule has 7 heteroatoms. The van der Waals surface area contributed by atoms with Crippen molar-refractivity contribution in [2.45, 2.75) is 65.3 Å². The zero-order valence-corrected chi connectivity index (χ0v) is 20.5. The molecule has 33 heavy (non-hydrogen) atoms. The average molecular weight is 458 g/mol. The Morgan fingerprint density at radius 1 is 1.06 bits per heavy atom. The quantitative estimate of drug-likeness (QED) is 0.661. The number of ether oxygens (including phenoxy) is 4. The van der Waals surface area contributed by atoms with E-state index in [2.05, 4.69) is 23.9 Å². The molecule has 1 aromatic carbocycles. The summed E-state index contributed by atoms with van der Waals surface area (Å²) in [5, 5.41) is 8.09. The SMILES string of the molecule is C=C1c2cnn(c2)C(C)COCCOC(C)COc2ccc(NC3CCCCO3)c1c2.CC. The summed E-state index contributed by atoms with van der Waals surface area (Å²) in [6, 6.07) is 6.18. The fourth-order valence-electron chi connectivity index (χ4n) is 3.81. The lowest BCUT2D eigenvalue weighted by atomic mass is 9.99. The van der Waals surface area contributed by atoms with Crippen molar-refractivity contribution in [1.82, 2.24) is 9.78 Å². The maximum atomic E-state index is 6.02. The van der Waals surface area contributed by atoms with E-state index in [9.17, 15) is 0 Å². The van der Waals surface area contributed by atoms with Crippen LogP contribution in [0, 0.1) is 0 Å². The van der Waals surface area contributed by atoms with Crippen LogP contribution >= 0.6 is 0 Å². The Bertz CT molecular complexity index is 876. The highest BCUT2D eigenvalue weighted by molar-refractivity contribution is 5.85. The van der Waals surface area contributed by atoms with Crippen LogP contribution in [-0.2, 0) is 14.2 Å². The molecule has 2 aromatic rings. The summed E-state index contributed by atoms with van der Waals surface area (Å²) in [7, 11) is 0. The molecule has 4 bridgehead atoms. The summed E-state index contributed by atoms with van der Waals surface area (Å²) < 4.78 is 25.4. The Labute approximate surface area is 198 Å². The van der Waals surface area contributed by atoms with Crippen LogP contribution in [0.1, 0.15) is 64.1 Å². The number of aromatic nitrogens is 2. The van der Waals surface area contributed by atoms with E-state index >= 15 is 0 Å². The van der Waals surface area contributed by atoms with Crippen molar-refractivity contribution in [3.05, 3.63) is 48.3 Å². The first kappa shape index (κ1) is 25.3. The van der Waals surface area contributed by atoms with E-state index in [4.69, 9.17) is 18.9 Å². The number of benzene rings is 1. The number of nitrogens with one attached hydrogen (secondary N) is 1. The van der Waals surface area contributed by atoms with Crippen molar-refractivity contribution in [3.8, 4) is 5.75 Å². The van der Waals surface area contributed by atoms with Crippen LogP contribution in [0.25, 0.3) is 5.57 Å². The summed E-state index contributed by atoms with van der Waals surface area (Å²) in [4.78, 5) is 0. The van der Waals surface area contributed by atoms with Crippen molar-refractivity contribution < 1.29 is 18.9 Å². The molecule has 3 unspecified atom stereocenters. The number of rotatable bonds is 2. The Morgan fingerprint density at radius 2 is 1.91 bits per heavy atom. The molecule has 2 aliphatic heterocycles. The summed E-state index contributed by atoms with van der Waals surface area (Å²) in [6.45, 7) is 15.4. The van der Waals surface area contributed by atoms with Gasteiger partial charge in [-0.3, -0.25) is 4.68 Å². The van der Waals surface area contributed by atoms with Crippen LogP contribution in [0.5, 0.6) is 5.75 Å². The molecule has 4 rings (SSSR count). The number of nitrogens with zero attached hydrogens (tertiary/aromatic N) is 2. The molecule has 1 aromatic heterocycles. The van der Waals surface area contributed by atoms with Gasteiger partial charge in [0.2, 0.25) is 0 Å². The van der Waals surface area contributed by atoms with Gasteiger partial charge in [-0.15, -0.1) is 0 Å². The Morgan fingerprint density at radius 3 is 2.70 bits per heavy atom. The predicted octanol–water partition coefficient (Wildman–Crippen LogP) is 5.28. The van der Waals surface area contributed by atoms with Crippen LogP contribution in [0.15, 0.2) is 37.2 Å². The number of hydrogen-bond donors (Lipinski definition) is 1. The maximum Gasteiger partial charge on any atom is 0.127 e. The van der Waals surface area contributed by atoms with Gasteiger partial charge in [0.25, 0.3) is 0 Å². The standard InChI is InChI=1S/C24H33N3O4.C2H6/c1-17-15-28-10-11-29-18(2)16-31-21-7-8-23(26-24-6-4-5-9-30-24)22(12-21)19(3)20-13-25-27(17)14-20;1-2/h7-8,12-14,17-18,24,26H,3-6,9-11,15-16H2,1-2H3;1-2H3. The molecule has 0 radical (unpaired) electrons. The van der Waals surface area contributed by atoms with Crippen LogP contribution in [0.3, 0.4) is 0 Å². The van der Waals surface area contributed by atoms with Gasteiger partial charge in [0.15, 0.2) is 0 Å². The Kier molecular flexibility index (Phi) is 9.78. The molecule has 3 heterocycles. The van der Waals surface area contributed by atoms with Gasteiger partial charge in [-0.05, 0) is 56.9 Å². The smallest absolute Gasteiger partial charge is 0.127 e. The zero-order valence-electron chi connectivity index (χ0n) is 20.5. The topological polar surface area (TPSA) is 66.8 Å². The van der Waals surface area contributed by atoms with Crippen molar-refractivity contribution in [1.29, 1.82) is 0 Å². The van der Waals surface area contributed by atoms with Crippen molar-refractivity contribution >= 4 is 11.3 Å². The highest BCUT2D eigenvalue weighted by atomic mass is 16.6. The van der Waals surface area contributed by atoms with E-state index in [1.54, 1.807) is 0 Å². The van der Waals surface area contributed by atoms with Gasteiger partial charge in [0.05, 0.1) is 38.2 Å². The average Bonchev–Trinajstić information content (AvgIpc) is 3.34. The van der Waals surface area contributed by atoms with Gasteiger partial charge in [-0.1, -0.05) is 20.4 Å². The van der Waals surface area contributed by atoms with E-state index in [-0.39, 0.29) is 18.4 Å². The van der Waals surface area contributed by atoms with Crippen LogP contribution in [-0.4, -0.2) is 55.1 Å². The minimum Gasteiger partial charge on any atom is -0.491 e. The molecule has 2 aliphatic rings. The summed E-state index contributed by atoms with van der Waals surface area (Å²) in [5.74, 6) is 0.783. The van der Waals surface area contributed by atoms with Gasteiger partial charge in [0.1, 0.15) is 18.6 Å². The molecule has 0 saturated carbocycles. The minimum absolute atomic E-state index is 0.0123. The lowest BCUT2D eigenvalue weighted by molar-refractivity contribution is -0.0109. The third-order valence-electron chi connectivity index (χ3n) is 5.69. The van der Waals surface area contributed by atoms with Gasteiger partial charge >= 0.3 is 0 Å². The third-order valence-corrected chi connectivity index (χ3v) is 5.69. The summed E-state index contributed by atoms with van der Waals surface area (Å²) in [5.41, 5.74) is 3.83. The Hall–Kier alpha value is -2.35. The molecular weight excluding hydrogens is 418 g/mol. The zero-order chi connectivity index (χ0) is 23.6. The van der Waals surface area contributed by atoms with Gasteiger partial charge in [-0.2, -0.15) is 5.10 Å². The number of hydrogen-bond acceptors (Lipinski definition) is 6. The summed E-state index contributed by atoms with van der Waals surface area (Å²) >= 11 is 0. The minimum atomic E-state index is -0.0278. The van der Waals surface area contributed by atoms with E-state index in [0.29, 0.717) is 26.4 Å². The molecule has 0 aliphatic carbocycles. The van der Waals surface area contributed by atoms with Gasteiger partial charge in [-0.25, -0.2) is 0 Å². The highest BCUT2D eigenvalue weighted by Crippen LogP contribution is 2.33. The fourth-order valence-corrected chi connectivity index (χ4v) is 3.81. The molecule has 7 nitrogen and oxygen atoms in total. The second kappa shape index (κ2) is 12.8. The normalized spacial score (nSPS) is 24.2. The highest BCUT2D eigenvalue weighted by Gasteiger charge is 2.19.